The molecule has 252 valence electrons. The fourth-order valence-electron chi connectivity index (χ4n) is 6.76. The van der Waals surface area contributed by atoms with E-state index in [9.17, 15) is 9.90 Å². The van der Waals surface area contributed by atoms with E-state index in [0.717, 1.165) is 56.7 Å². The van der Waals surface area contributed by atoms with E-state index in [0.29, 0.717) is 70.3 Å². The molecule has 0 saturated carbocycles. The van der Waals surface area contributed by atoms with Crippen molar-refractivity contribution >= 4 is 17.0 Å². The molecule has 0 radical (unpaired) electrons. The average Bonchev–Trinajstić information content (AvgIpc) is 3.62. The van der Waals surface area contributed by atoms with Crippen LogP contribution in [0, 0.1) is 19.7 Å². The number of benzene rings is 1. The lowest BCUT2D eigenvalue weighted by Crippen LogP contribution is -2.44. The number of aryl methyl sites for hydroxylation is 3. The summed E-state index contributed by atoms with van der Waals surface area (Å²) in [6.45, 7) is 14.8. The number of carboxylic acid groups (broad SMARTS) is 1. The zero-order valence-corrected chi connectivity index (χ0v) is 28.4. The van der Waals surface area contributed by atoms with E-state index in [1.54, 1.807) is 6.92 Å². The number of nitrogens with zero attached hydrogens (tertiary/aromatic N) is 6. The Morgan fingerprint density at radius 2 is 1.87 bits per heavy atom. The van der Waals surface area contributed by atoms with Crippen molar-refractivity contribution in [1.29, 1.82) is 0 Å². The Morgan fingerprint density at radius 3 is 2.57 bits per heavy atom. The first kappa shape index (κ1) is 33.0. The van der Waals surface area contributed by atoms with Gasteiger partial charge in [0, 0.05) is 67.4 Å². The van der Waals surface area contributed by atoms with Crippen molar-refractivity contribution < 1.29 is 28.2 Å². The summed E-state index contributed by atoms with van der Waals surface area (Å²) >= 11 is 0. The number of hydrogen-bond acceptors (Lipinski definition) is 9. The van der Waals surface area contributed by atoms with E-state index in [-0.39, 0.29) is 5.75 Å². The minimum absolute atomic E-state index is 0.265. The molecule has 5 heterocycles. The Balaban J connectivity index is 1.45. The molecule has 2 aliphatic heterocycles. The van der Waals surface area contributed by atoms with Gasteiger partial charge in [-0.25, -0.2) is 14.2 Å². The Bertz CT molecular complexity index is 1800. The van der Waals surface area contributed by atoms with E-state index in [1.807, 2.05) is 45.4 Å². The minimum atomic E-state index is -1.35. The van der Waals surface area contributed by atoms with Gasteiger partial charge < -0.3 is 33.4 Å². The van der Waals surface area contributed by atoms with Gasteiger partial charge in [-0.2, -0.15) is 0 Å². The van der Waals surface area contributed by atoms with Crippen LogP contribution >= 0.6 is 0 Å². The van der Waals surface area contributed by atoms with Gasteiger partial charge in [-0.1, -0.05) is 0 Å². The number of fused-ring (bicyclic) bond motifs is 2. The molecule has 1 fully saturated rings. The van der Waals surface area contributed by atoms with Gasteiger partial charge >= 0.3 is 5.97 Å². The molecule has 1 saturated heterocycles. The van der Waals surface area contributed by atoms with Crippen LogP contribution in [0.2, 0.25) is 0 Å². The van der Waals surface area contributed by atoms with Crippen LogP contribution in [-0.4, -0.2) is 92.6 Å². The number of halogens is 1. The van der Waals surface area contributed by atoms with E-state index in [2.05, 4.69) is 27.0 Å². The zero-order chi connectivity index (χ0) is 33.6. The summed E-state index contributed by atoms with van der Waals surface area (Å²) in [7, 11) is 4.01. The monoisotopic (exact) mass is 648 g/mol. The molecule has 47 heavy (non-hydrogen) atoms. The van der Waals surface area contributed by atoms with Gasteiger partial charge in [-0.3, -0.25) is 0 Å². The molecule has 0 amide bonds. The van der Waals surface area contributed by atoms with Crippen LogP contribution in [0.15, 0.2) is 16.5 Å². The molecule has 0 bridgehead atoms. The highest BCUT2D eigenvalue weighted by atomic mass is 19.1. The van der Waals surface area contributed by atoms with Crippen LogP contribution in [0.4, 0.5) is 4.39 Å². The summed E-state index contributed by atoms with van der Waals surface area (Å²) < 4.78 is 35.6. The van der Waals surface area contributed by atoms with Gasteiger partial charge in [-0.05, 0) is 90.7 Å². The quantitative estimate of drug-likeness (QED) is 0.250. The second kappa shape index (κ2) is 13.0. The van der Waals surface area contributed by atoms with Crippen molar-refractivity contribution in [3.8, 4) is 28.5 Å². The first-order chi connectivity index (χ1) is 22.3. The van der Waals surface area contributed by atoms with E-state index in [4.69, 9.17) is 18.9 Å². The maximum absolute atomic E-state index is 15.7. The molecule has 11 nitrogen and oxygen atoms in total. The fourth-order valence-corrected chi connectivity index (χ4v) is 6.76. The van der Waals surface area contributed by atoms with Gasteiger partial charge in [0.2, 0.25) is 5.89 Å². The van der Waals surface area contributed by atoms with E-state index in [1.165, 1.54) is 6.07 Å². The molecule has 1 N–H and O–H groups in total. The lowest BCUT2D eigenvalue weighted by molar-refractivity contribution is -0.160. The molecule has 3 aromatic heterocycles. The highest BCUT2D eigenvalue weighted by Crippen LogP contribution is 2.45. The lowest BCUT2D eigenvalue weighted by Gasteiger charge is -2.32. The molecule has 1 aromatic carbocycles. The second-order valence-electron chi connectivity index (χ2n) is 13.8. The van der Waals surface area contributed by atoms with Crippen LogP contribution in [0.1, 0.15) is 68.0 Å². The predicted molar refractivity (Wildman–Crippen MR) is 176 cm³/mol. The zero-order valence-electron chi connectivity index (χ0n) is 28.4. The predicted octanol–water partition coefficient (Wildman–Crippen LogP) is 5.49. The molecule has 12 heteroatoms. The Kier molecular flexibility index (Phi) is 9.12. The van der Waals surface area contributed by atoms with Gasteiger partial charge in [-0.15, -0.1) is 10.2 Å². The molecule has 6 rings (SSSR count). The summed E-state index contributed by atoms with van der Waals surface area (Å²) in [5.74, 6) is -0.471. The number of pyridine rings is 1. The van der Waals surface area contributed by atoms with E-state index >= 15 is 4.39 Å². The van der Waals surface area contributed by atoms with Gasteiger partial charge in [0.1, 0.15) is 11.3 Å². The lowest BCUT2D eigenvalue weighted by atomic mass is 9.86. The molecule has 0 unspecified atom stereocenters. The van der Waals surface area contributed by atoms with Crippen molar-refractivity contribution in [3.63, 3.8) is 0 Å². The number of aliphatic carboxylic acids is 1. The number of aromatic nitrogens is 4. The molecule has 2 aliphatic rings. The number of ether oxygens (including phenoxy) is 2. The number of likely N-dealkylation sites (N-methyl/N-ethyl adjacent to an activating group) is 1. The molecule has 4 aromatic rings. The molecule has 0 spiro atoms. The summed E-state index contributed by atoms with van der Waals surface area (Å²) in [5, 5.41) is 19.9. The smallest absolute Gasteiger partial charge is 0.337 e. The van der Waals surface area contributed by atoms with Crippen molar-refractivity contribution in [2.75, 3.05) is 46.4 Å². The number of carbonyl (C=O) groups is 1. The normalized spacial score (nSPS) is 16.8. The molecule has 0 aliphatic carbocycles. The number of hydrogen-bond donors (Lipinski definition) is 1. The van der Waals surface area contributed by atoms with Gasteiger partial charge in [0.25, 0.3) is 5.89 Å². The SMILES string of the molecule is Cc1nc2c(cc(-c3nnc(CCCN4CCN(C)CC4)o3)n2C)c(-c2cc(F)c3c(c2C)CCCO3)c1[C@H](OC(C)(C)C)C(=O)O. The Labute approximate surface area is 274 Å². The topological polar surface area (TPSA) is 119 Å². The fraction of sp³-hybridized carbons (Fsp3) is 0.543. The van der Waals surface area contributed by atoms with Crippen molar-refractivity contribution in [2.45, 2.75) is 72.0 Å². The van der Waals surface area contributed by atoms with Gasteiger partial charge in [0.05, 0.1) is 12.2 Å². The average molecular weight is 649 g/mol. The van der Waals surface area contributed by atoms with Crippen LogP contribution < -0.4 is 4.74 Å². The third-order valence-electron chi connectivity index (χ3n) is 9.21. The number of rotatable bonds is 9. The first-order valence-electron chi connectivity index (χ1n) is 16.4. The highest BCUT2D eigenvalue weighted by molar-refractivity contribution is 6.01. The standard InChI is InChI=1S/C35H45FN6O5/c1-20-22-10-9-17-45-30(22)25(36)18-23(20)29-24-19-26(33-39-38-27(46-33)11-8-12-42-15-13-40(6)14-16-42)41(7)32(24)37-21(2)28(29)31(34(43)44)47-35(3,4)5/h18-19,31H,8-17H2,1-7H3,(H,43,44)/t31-/m0/s1. The summed E-state index contributed by atoms with van der Waals surface area (Å²) in [4.78, 5) is 22.5. The summed E-state index contributed by atoms with van der Waals surface area (Å²) in [6.07, 6.45) is 1.65. The highest BCUT2D eigenvalue weighted by Gasteiger charge is 2.35. The maximum Gasteiger partial charge on any atom is 0.337 e. The van der Waals surface area contributed by atoms with E-state index < -0.39 is 23.5 Å². The maximum atomic E-state index is 15.7. The van der Waals surface area contributed by atoms with Crippen LogP contribution in [0.3, 0.4) is 0 Å². The minimum Gasteiger partial charge on any atom is -0.490 e. The third-order valence-corrected chi connectivity index (χ3v) is 9.21. The van der Waals surface area contributed by atoms with Crippen LogP contribution in [0.25, 0.3) is 33.7 Å². The molecular formula is C35H45FN6O5. The summed E-state index contributed by atoms with van der Waals surface area (Å²) in [6, 6.07) is 3.33. The molecular weight excluding hydrogens is 603 g/mol. The van der Waals surface area contributed by atoms with Crippen LogP contribution in [0.5, 0.6) is 5.75 Å². The Morgan fingerprint density at radius 1 is 1.13 bits per heavy atom. The molecule has 1 atom stereocenters. The van der Waals surface area contributed by atoms with Gasteiger partial charge in [0.15, 0.2) is 17.7 Å². The van der Waals surface area contributed by atoms with Crippen molar-refractivity contribution in [1.82, 2.24) is 29.5 Å². The third kappa shape index (κ3) is 6.63. The number of carboxylic acids is 1. The van der Waals surface area contributed by atoms with Crippen molar-refractivity contribution in [2.24, 2.45) is 7.05 Å². The largest absolute Gasteiger partial charge is 0.490 e. The van der Waals surface area contributed by atoms with Crippen molar-refractivity contribution in [3.05, 3.63) is 46.2 Å². The first-order valence-corrected chi connectivity index (χ1v) is 16.4. The Hall–Kier alpha value is -3.87. The number of piperazine rings is 1. The second-order valence-corrected chi connectivity index (χ2v) is 13.8. The summed E-state index contributed by atoms with van der Waals surface area (Å²) in [5.41, 5.74) is 4.05. The van der Waals surface area contributed by atoms with Crippen LogP contribution in [-0.2, 0) is 29.4 Å².